The Morgan fingerprint density at radius 3 is 2.41 bits per heavy atom. The minimum Gasteiger partial charge on any atom is -0.465 e. The highest BCUT2D eigenvalue weighted by Crippen LogP contribution is 2.46. The van der Waals surface area contributed by atoms with Gasteiger partial charge >= 0.3 is 12.3 Å². The SMILES string of the molecule is O=C(O)N1[C@@H]2CC[C@H]1CN(c1ccc(Nc3ncc(C(F)(F)F)c(Cl)n3)c(C3CC3)c1)C2. The van der Waals surface area contributed by atoms with Gasteiger partial charge in [0.05, 0.1) is 12.1 Å². The van der Waals surface area contributed by atoms with Crippen LogP contribution in [0, 0.1) is 0 Å². The average Bonchev–Trinajstić information content (AvgIpc) is 3.52. The fraction of sp³-hybridized carbons (Fsp3) is 0.476. The number of fused-ring (bicyclic) bond motifs is 2. The number of piperazine rings is 1. The lowest BCUT2D eigenvalue weighted by Gasteiger charge is -2.40. The predicted octanol–water partition coefficient (Wildman–Crippen LogP) is 5.10. The smallest absolute Gasteiger partial charge is 0.420 e. The first-order valence-electron chi connectivity index (χ1n) is 10.5. The summed E-state index contributed by atoms with van der Waals surface area (Å²) in [6.45, 7) is 1.30. The van der Waals surface area contributed by atoms with E-state index in [4.69, 9.17) is 11.6 Å². The molecule has 7 nitrogen and oxygen atoms in total. The van der Waals surface area contributed by atoms with E-state index in [2.05, 4.69) is 26.3 Å². The van der Waals surface area contributed by atoms with Crippen LogP contribution in [0.25, 0.3) is 0 Å². The normalized spacial score (nSPS) is 22.9. The summed E-state index contributed by atoms with van der Waals surface area (Å²) in [5.41, 5.74) is 1.73. The Morgan fingerprint density at radius 1 is 1.16 bits per heavy atom. The number of alkyl halides is 3. The second kappa shape index (κ2) is 7.68. The molecule has 1 amide bonds. The Balaban J connectivity index is 1.38. The number of benzene rings is 1. The summed E-state index contributed by atoms with van der Waals surface area (Å²) >= 11 is 5.73. The Morgan fingerprint density at radius 2 is 1.84 bits per heavy atom. The van der Waals surface area contributed by atoms with Gasteiger partial charge in [0, 0.05) is 30.7 Å². The fourth-order valence-corrected chi connectivity index (χ4v) is 4.99. The van der Waals surface area contributed by atoms with Crippen LogP contribution in [-0.2, 0) is 6.18 Å². The lowest BCUT2D eigenvalue weighted by Crippen LogP contribution is -2.55. The van der Waals surface area contributed by atoms with Gasteiger partial charge in [-0.05, 0) is 55.4 Å². The molecule has 0 radical (unpaired) electrons. The van der Waals surface area contributed by atoms with Gasteiger partial charge in [-0.3, -0.25) is 4.90 Å². The van der Waals surface area contributed by atoms with Gasteiger partial charge in [-0.15, -0.1) is 0 Å². The number of nitrogens with zero attached hydrogens (tertiary/aromatic N) is 4. The second-order valence-corrected chi connectivity index (χ2v) is 8.90. The van der Waals surface area contributed by atoms with E-state index in [1.165, 1.54) is 0 Å². The van der Waals surface area contributed by atoms with Crippen molar-refractivity contribution in [3.63, 3.8) is 0 Å². The van der Waals surface area contributed by atoms with Gasteiger partial charge in [-0.25, -0.2) is 14.8 Å². The highest BCUT2D eigenvalue weighted by molar-refractivity contribution is 6.30. The van der Waals surface area contributed by atoms with Gasteiger partial charge in [0.1, 0.15) is 10.7 Å². The maximum Gasteiger partial charge on any atom is 0.420 e. The third-order valence-corrected chi connectivity index (χ3v) is 6.70. The van der Waals surface area contributed by atoms with Crippen LogP contribution in [0.3, 0.4) is 0 Å². The van der Waals surface area contributed by atoms with E-state index in [0.29, 0.717) is 25.2 Å². The first kappa shape index (κ1) is 21.1. The fourth-order valence-electron chi connectivity index (χ4n) is 4.75. The molecular formula is C21H21ClF3N5O2. The molecule has 1 aromatic carbocycles. The van der Waals surface area contributed by atoms with Crippen molar-refractivity contribution in [2.24, 2.45) is 0 Å². The maximum atomic E-state index is 12.9. The van der Waals surface area contributed by atoms with Crippen molar-refractivity contribution in [1.29, 1.82) is 0 Å². The quantitative estimate of drug-likeness (QED) is 0.609. The third kappa shape index (κ3) is 3.92. The highest BCUT2D eigenvalue weighted by atomic mass is 35.5. The van der Waals surface area contributed by atoms with Gasteiger partial charge in [0.25, 0.3) is 0 Å². The van der Waals surface area contributed by atoms with Crippen LogP contribution >= 0.6 is 11.6 Å². The van der Waals surface area contributed by atoms with Crippen molar-refractivity contribution < 1.29 is 23.1 Å². The molecule has 3 fully saturated rings. The van der Waals surface area contributed by atoms with Crippen molar-refractivity contribution in [3.8, 4) is 0 Å². The van der Waals surface area contributed by atoms with Crippen LogP contribution < -0.4 is 10.2 Å². The Labute approximate surface area is 187 Å². The van der Waals surface area contributed by atoms with Crippen molar-refractivity contribution in [2.45, 2.75) is 49.9 Å². The molecule has 0 spiro atoms. The number of nitrogens with one attached hydrogen (secondary N) is 1. The summed E-state index contributed by atoms with van der Waals surface area (Å²) in [6.07, 6.45) is -0.981. The van der Waals surface area contributed by atoms with Crippen LogP contribution in [0.1, 0.15) is 42.7 Å². The maximum absolute atomic E-state index is 12.9. The average molecular weight is 468 g/mol. The summed E-state index contributed by atoms with van der Waals surface area (Å²) in [4.78, 5) is 22.9. The number of carbonyl (C=O) groups is 1. The number of halogens is 4. The zero-order valence-corrected chi connectivity index (χ0v) is 17.7. The van der Waals surface area contributed by atoms with E-state index in [1.54, 1.807) is 4.90 Å². The van der Waals surface area contributed by atoms with Crippen LogP contribution in [0.2, 0.25) is 5.15 Å². The molecule has 2 bridgehead atoms. The molecule has 2 aliphatic heterocycles. The van der Waals surface area contributed by atoms with E-state index in [1.807, 2.05) is 12.1 Å². The summed E-state index contributed by atoms with van der Waals surface area (Å²) in [5, 5.41) is 11.8. The first-order valence-corrected chi connectivity index (χ1v) is 10.9. The van der Waals surface area contributed by atoms with Gasteiger partial charge < -0.3 is 15.3 Å². The topological polar surface area (TPSA) is 81.6 Å². The molecule has 2 N–H and O–H groups in total. The summed E-state index contributed by atoms with van der Waals surface area (Å²) in [5.74, 6) is 0.366. The number of hydrogen-bond acceptors (Lipinski definition) is 5. The number of rotatable bonds is 4. The Kier molecular flexibility index (Phi) is 5.07. The van der Waals surface area contributed by atoms with Crippen LogP contribution in [0.4, 0.5) is 35.3 Å². The van der Waals surface area contributed by atoms with E-state index in [9.17, 15) is 23.1 Å². The van der Waals surface area contributed by atoms with Gasteiger partial charge in [-0.1, -0.05) is 11.6 Å². The van der Waals surface area contributed by atoms with Gasteiger partial charge in [0.2, 0.25) is 5.95 Å². The van der Waals surface area contributed by atoms with Gasteiger partial charge in [0.15, 0.2) is 0 Å². The molecule has 2 aromatic rings. The lowest BCUT2D eigenvalue weighted by atomic mass is 10.1. The van der Waals surface area contributed by atoms with Crippen molar-refractivity contribution in [2.75, 3.05) is 23.3 Å². The van der Waals surface area contributed by atoms with E-state index >= 15 is 0 Å². The van der Waals surface area contributed by atoms with E-state index in [0.717, 1.165) is 42.6 Å². The monoisotopic (exact) mass is 467 g/mol. The van der Waals surface area contributed by atoms with Crippen molar-refractivity contribution in [3.05, 3.63) is 40.7 Å². The standard InChI is InChI=1S/C21H21ClF3N5O2/c22-18-16(21(23,24)25)8-26-19(28-18)27-17-6-5-12(7-15(17)11-1-2-11)29-9-13-3-4-14(10-29)30(13)20(31)32/h5-8,11,13-14H,1-4,9-10H2,(H,31,32)(H,26,27,28)/t13-,14+. The zero-order chi connectivity index (χ0) is 22.6. The first-order chi connectivity index (χ1) is 15.2. The number of amides is 1. The molecule has 3 aliphatic rings. The molecular weight excluding hydrogens is 447 g/mol. The number of anilines is 3. The second-order valence-electron chi connectivity index (χ2n) is 8.55. The predicted molar refractivity (Wildman–Crippen MR) is 113 cm³/mol. The molecule has 1 aromatic heterocycles. The summed E-state index contributed by atoms with van der Waals surface area (Å²) in [6, 6.07) is 5.90. The molecule has 3 heterocycles. The summed E-state index contributed by atoms with van der Waals surface area (Å²) in [7, 11) is 0. The lowest BCUT2D eigenvalue weighted by molar-refractivity contribution is -0.137. The zero-order valence-electron chi connectivity index (χ0n) is 16.9. The number of carboxylic acid groups (broad SMARTS) is 1. The van der Waals surface area contributed by atoms with E-state index < -0.39 is 23.0 Å². The molecule has 170 valence electrons. The highest BCUT2D eigenvalue weighted by Gasteiger charge is 2.43. The Hall–Kier alpha value is -2.75. The molecule has 1 aliphatic carbocycles. The number of hydrogen-bond donors (Lipinski definition) is 2. The molecule has 2 saturated heterocycles. The van der Waals surface area contributed by atoms with Crippen LogP contribution in [-0.4, -0.2) is 51.2 Å². The molecule has 0 unspecified atom stereocenters. The largest absolute Gasteiger partial charge is 0.465 e. The number of aromatic nitrogens is 2. The molecule has 11 heteroatoms. The molecule has 2 atom stereocenters. The minimum atomic E-state index is -4.61. The van der Waals surface area contributed by atoms with Crippen molar-refractivity contribution in [1.82, 2.24) is 14.9 Å². The van der Waals surface area contributed by atoms with Crippen LogP contribution in [0.5, 0.6) is 0 Å². The van der Waals surface area contributed by atoms with E-state index in [-0.39, 0.29) is 18.0 Å². The molecule has 32 heavy (non-hydrogen) atoms. The molecule has 1 saturated carbocycles. The molecule has 5 rings (SSSR count). The summed E-state index contributed by atoms with van der Waals surface area (Å²) < 4.78 is 38.7. The minimum absolute atomic E-state index is 0.00360. The van der Waals surface area contributed by atoms with Crippen molar-refractivity contribution >= 4 is 35.0 Å². The van der Waals surface area contributed by atoms with Gasteiger partial charge in [-0.2, -0.15) is 13.2 Å². The third-order valence-electron chi connectivity index (χ3n) is 6.41. The Bertz CT molecular complexity index is 1050. The van der Waals surface area contributed by atoms with Crippen LogP contribution in [0.15, 0.2) is 24.4 Å².